The fourth-order valence-corrected chi connectivity index (χ4v) is 3.22. The highest BCUT2D eigenvalue weighted by Gasteiger charge is 2.42. The Morgan fingerprint density at radius 3 is 1.88 bits per heavy atom. The summed E-state index contributed by atoms with van der Waals surface area (Å²) in [5, 5.41) is 0. The molecule has 0 unspecified atom stereocenters. The number of hydrogen-bond donors (Lipinski definition) is 0. The van der Waals surface area contributed by atoms with Crippen molar-refractivity contribution in [1.29, 1.82) is 0 Å². The summed E-state index contributed by atoms with van der Waals surface area (Å²) in [6.45, 7) is 3.54. The molecular weight excluding hydrogens is 434 g/mol. The standard InChI is InChI=1S/C24H20F6O2/c1-3-5-14-6-8-15(9-7-14)16-12-17(25)21(18(26)13-16)24(29,30)32-20-11-10-19(31-4-2)22(27)23(20)28/h6-13H,3-5H2,1-2H3. The maximum Gasteiger partial charge on any atom is 0.432 e. The lowest BCUT2D eigenvalue weighted by atomic mass is 10.00. The van der Waals surface area contributed by atoms with Crippen molar-refractivity contribution in [3.8, 4) is 22.6 Å². The third-order valence-corrected chi connectivity index (χ3v) is 4.71. The van der Waals surface area contributed by atoms with Crippen LogP contribution in [0.3, 0.4) is 0 Å². The summed E-state index contributed by atoms with van der Waals surface area (Å²) in [6.07, 6.45) is -2.86. The Morgan fingerprint density at radius 2 is 1.31 bits per heavy atom. The third-order valence-electron chi connectivity index (χ3n) is 4.71. The number of hydrogen-bond acceptors (Lipinski definition) is 2. The van der Waals surface area contributed by atoms with E-state index in [9.17, 15) is 26.3 Å². The number of ether oxygens (including phenoxy) is 2. The van der Waals surface area contributed by atoms with Gasteiger partial charge in [-0.1, -0.05) is 37.6 Å². The third kappa shape index (κ3) is 4.84. The normalized spacial score (nSPS) is 11.5. The molecule has 170 valence electrons. The van der Waals surface area contributed by atoms with E-state index >= 15 is 0 Å². The molecule has 0 heterocycles. The van der Waals surface area contributed by atoms with Gasteiger partial charge in [0.25, 0.3) is 0 Å². The van der Waals surface area contributed by atoms with E-state index in [-0.39, 0.29) is 12.2 Å². The van der Waals surface area contributed by atoms with E-state index < -0.39 is 46.4 Å². The van der Waals surface area contributed by atoms with Gasteiger partial charge in [-0.05, 0) is 54.3 Å². The molecule has 0 radical (unpaired) electrons. The fourth-order valence-electron chi connectivity index (χ4n) is 3.22. The van der Waals surface area contributed by atoms with E-state index in [1.165, 1.54) is 6.92 Å². The van der Waals surface area contributed by atoms with Gasteiger partial charge >= 0.3 is 6.11 Å². The number of rotatable bonds is 8. The molecule has 0 N–H and O–H groups in total. The molecule has 0 saturated carbocycles. The first-order valence-electron chi connectivity index (χ1n) is 9.94. The molecule has 2 nitrogen and oxygen atoms in total. The number of aryl methyl sites for hydroxylation is 1. The Hall–Kier alpha value is -3.16. The number of halogens is 6. The van der Waals surface area contributed by atoms with Crippen LogP contribution in [0.4, 0.5) is 26.3 Å². The topological polar surface area (TPSA) is 18.5 Å². The van der Waals surface area contributed by atoms with Gasteiger partial charge in [0.05, 0.1) is 6.61 Å². The molecule has 0 saturated heterocycles. The lowest BCUT2D eigenvalue weighted by Crippen LogP contribution is -2.26. The van der Waals surface area contributed by atoms with Crippen molar-refractivity contribution in [2.24, 2.45) is 0 Å². The van der Waals surface area contributed by atoms with Crippen LogP contribution in [0.2, 0.25) is 0 Å². The maximum atomic E-state index is 14.6. The van der Waals surface area contributed by atoms with Gasteiger partial charge in [0, 0.05) is 0 Å². The second-order valence-electron chi connectivity index (χ2n) is 7.00. The second kappa shape index (κ2) is 9.54. The molecule has 0 atom stereocenters. The van der Waals surface area contributed by atoms with Gasteiger partial charge in [-0.25, -0.2) is 8.78 Å². The highest BCUT2D eigenvalue weighted by atomic mass is 19.3. The van der Waals surface area contributed by atoms with Crippen LogP contribution < -0.4 is 9.47 Å². The second-order valence-corrected chi connectivity index (χ2v) is 7.00. The molecule has 8 heteroatoms. The Bertz CT molecular complexity index is 1070. The minimum absolute atomic E-state index is 0.0107. The molecule has 3 aromatic carbocycles. The van der Waals surface area contributed by atoms with Crippen LogP contribution in [-0.4, -0.2) is 6.61 Å². The van der Waals surface area contributed by atoms with Crippen molar-refractivity contribution in [3.05, 3.63) is 82.9 Å². The maximum absolute atomic E-state index is 14.6. The molecule has 0 bridgehead atoms. The van der Waals surface area contributed by atoms with Crippen molar-refractivity contribution in [1.82, 2.24) is 0 Å². The van der Waals surface area contributed by atoms with Crippen molar-refractivity contribution >= 4 is 0 Å². The SMILES string of the molecule is CCCc1ccc(-c2cc(F)c(C(F)(F)Oc3ccc(OCC)c(F)c3F)c(F)c2)cc1. The fraction of sp³-hybridized carbons (Fsp3) is 0.250. The lowest BCUT2D eigenvalue weighted by molar-refractivity contribution is -0.191. The van der Waals surface area contributed by atoms with Crippen LogP contribution in [0.1, 0.15) is 31.4 Å². The minimum atomic E-state index is -4.61. The Balaban J connectivity index is 1.92. The largest absolute Gasteiger partial charge is 0.491 e. The highest BCUT2D eigenvalue weighted by Crippen LogP contribution is 2.39. The summed E-state index contributed by atoms with van der Waals surface area (Å²) >= 11 is 0. The predicted molar refractivity (Wildman–Crippen MR) is 108 cm³/mol. The molecule has 32 heavy (non-hydrogen) atoms. The first kappa shape index (κ1) is 23.5. The van der Waals surface area contributed by atoms with Crippen LogP contribution in [0.25, 0.3) is 11.1 Å². The van der Waals surface area contributed by atoms with Crippen LogP contribution >= 0.6 is 0 Å². The summed E-state index contributed by atoms with van der Waals surface area (Å²) in [5.41, 5.74) is -0.213. The van der Waals surface area contributed by atoms with Crippen molar-refractivity contribution in [3.63, 3.8) is 0 Å². The van der Waals surface area contributed by atoms with Crippen molar-refractivity contribution < 1.29 is 35.8 Å². The zero-order valence-electron chi connectivity index (χ0n) is 17.3. The molecule has 0 aliphatic rings. The first-order valence-corrected chi connectivity index (χ1v) is 9.94. The van der Waals surface area contributed by atoms with Gasteiger partial charge in [0.15, 0.2) is 11.5 Å². The van der Waals surface area contributed by atoms with Crippen molar-refractivity contribution in [2.75, 3.05) is 6.61 Å². The Labute approximate surface area is 181 Å². The van der Waals surface area contributed by atoms with E-state index in [4.69, 9.17) is 4.74 Å². The highest BCUT2D eigenvalue weighted by molar-refractivity contribution is 5.64. The molecule has 0 fully saturated rings. The number of benzene rings is 3. The van der Waals surface area contributed by atoms with Gasteiger partial charge < -0.3 is 9.47 Å². The van der Waals surface area contributed by atoms with Crippen LogP contribution in [0.5, 0.6) is 11.5 Å². The summed E-state index contributed by atoms with van der Waals surface area (Å²) in [6, 6.07) is 9.87. The van der Waals surface area contributed by atoms with Crippen LogP contribution in [0, 0.1) is 23.3 Å². The summed E-state index contributed by atoms with van der Waals surface area (Å²) in [7, 11) is 0. The summed E-state index contributed by atoms with van der Waals surface area (Å²) < 4.78 is 95.3. The molecule has 3 aromatic rings. The first-order chi connectivity index (χ1) is 15.2. The smallest absolute Gasteiger partial charge is 0.432 e. The van der Waals surface area contributed by atoms with Gasteiger partial charge in [-0.3, -0.25) is 0 Å². The summed E-state index contributed by atoms with van der Waals surface area (Å²) in [4.78, 5) is 0. The van der Waals surface area contributed by atoms with Gasteiger partial charge in [0.2, 0.25) is 11.6 Å². The van der Waals surface area contributed by atoms with Gasteiger partial charge in [-0.15, -0.1) is 0 Å². The Kier molecular flexibility index (Phi) is 7.01. The molecular formula is C24H20F6O2. The van der Waals surface area contributed by atoms with E-state index in [0.717, 1.165) is 36.6 Å². The van der Waals surface area contributed by atoms with E-state index in [2.05, 4.69) is 4.74 Å². The molecule has 0 spiro atoms. The average molecular weight is 454 g/mol. The molecule has 0 aliphatic heterocycles. The minimum Gasteiger partial charge on any atom is -0.491 e. The van der Waals surface area contributed by atoms with Crippen LogP contribution in [0.15, 0.2) is 48.5 Å². The predicted octanol–water partition coefficient (Wildman–Crippen LogP) is 7.39. The van der Waals surface area contributed by atoms with E-state index in [1.807, 2.05) is 6.92 Å². The van der Waals surface area contributed by atoms with Crippen LogP contribution in [-0.2, 0) is 12.5 Å². The lowest BCUT2D eigenvalue weighted by Gasteiger charge is -2.20. The van der Waals surface area contributed by atoms with E-state index in [0.29, 0.717) is 11.6 Å². The summed E-state index contributed by atoms with van der Waals surface area (Å²) in [5.74, 6) is -8.22. The molecule has 0 aliphatic carbocycles. The zero-order chi connectivity index (χ0) is 23.5. The Morgan fingerprint density at radius 1 is 0.750 bits per heavy atom. The quantitative estimate of drug-likeness (QED) is 0.331. The van der Waals surface area contributed by atoms with Gasteiger partial charge in [-0.2, -0.15) is 17.6 Å². The number of alkyl halides is 2. The van der Waals surface area contributed by atoms with E-state index in [1.54, 1.807) is 24.3 Å². The average Bonchev–Trinajstić information content (AvgIpc) is 2.73. The monoisotopic (exact) mass is 454 g/mol. The molecule has 3 rings (SSSR count). The molecule has 0 aromatic heterocycles. The molecule has 0 amide bonds. The zero-order valence-corrected chi connectivity index (χ0v) is 17.3. The van der Waals surface area contributed by atoms with Gasteiger partial charge in [0.1, 0.15) is 17.2 Å². The van der Waals surface area contributed by atoms with Crippen molar-refractivity contribution in [2.45, 2.75) is 32.8 Å².